The fraction of sp³-hybridized carbons (Fsp3) is 0.192. The van der Waals surface area contributed by atoms with Gasteiger partial charge in [0.05, 0.1) is 31.6 Å². The van der Waals surface area contributed by atoms with E-state index >= 15 is 0 Å². The molecule has 1 heterocycles. The van der Waals surface area contributed by atoms with Crippen LogP contribution in [0.3, 0.4) is 0 Å². The summed E-state index contributed by atoms with van der Waals surface area (Å²) in [7, 11) is 2.53. The lowest BCUT2D eigenvalue weighted by Crippen LogP contribution is -2.15. The van der Waals surface area contributed by atoms with Gasteiger partial charge in [-0.15, -0.1) is 0 Å². The minimum absolute atomic E-state index is 0.0122. The fourth-order valence-electron chi connectivity index (χ4n) is 3.78. The van der Waals surface area contributed by atoms with Gasteiger partial charge < -0.3 is 14.2 Å². The molecule has 7 heteroatoms. The van der Waals surface area contributed by atoms with Crippen LogP contribution in [0.1, 0.15) is 34.7 Å². The van der Waals surface area contributed by atoms with Gasteiger partial charge in [-0.3, -0.25) is 0 Å². The number of rotatable bonds is 6. The summed E-state index contributed by atoms with van der Waals surface area (Å²) in [4.78, 5) is 25.9. The second-order valence-electron chi connectivity index (χ2n) is 7.63. The lowest BCUT2D eigenvalue weighted by Gasteiger charge is -2.16. The van der Waals surface area contributed by atoms with Crippen molar-refractivity contribution in [3.05, 3.63) is 78.0 Å². The Bertz CT molecular complexity index is 1330. The standard InChI is InChI=1S/C26H24N2O5/c1-16(2)33-20-15-14-17-10-8-9-13-19(17)21(20)23-22(25(29)31-3)24(26(30)32-4)28(27-23)18-11-6-5-7-12-18/h5-16H,1-4H3. The Hall–Kier alpha value is -4.13. The Labute approximate surface area is 191 Å². The molecular weight excluding hydrogens is 420 g/mol. The molecule has 0 unspecified atom stereocenters. The molecule has 0 bridgehead atoms. The van der Waals surface area contributed by atoms with Crippen LogP contribution < -0.4 is 4.74 Å². The zero-order valence-electron chi connectivity index (χ0n) is 18.9. The number of hydrogen-bond acceptors (Lipinski definition) is 6. The summed E-state index contributed by atoms with van der Waals surface area (Å²) in [5.74, 6) is -0.858. The van der Waals surface area contributed by atoms with E-state index in [1.165, 1.54) is 18.9 Å². The van der Waals surface area contributed by atoms with Gasteiger partial charge in [0.25, 0.3) is 0 Å². The predicted octanol–water partition coefficient (Wildman–Crippen LogP) is 5.05. The van der Waals surface area contributed by atoms with Crippen LogP contribution in [0.25, 0.3) is 27.7 Å². The summed E-state index contributed by atoms with van der Waals surface area (Å²) >= 11 is 0. The van der Waals surface area contributed by atoms with Crippen molar-refractivity contribution in [3.63, 3.8) is 0 Å². The molecule has 168 valence electrons. The number of nitrogens with zero attached hydrogens (tertiary/aromatic N) is 2. The number of para-hydroxylation sites is 1. The number of ether oxygens (including phenoxy) is 3. The topological polar surface area (TPSA) is 79.7 Å². The number of hydrogen-bond donors (Lipinski definition) is 0. The molecule has 0 radical (unpaired) electrons. The molecule has 0 saturated carbocycles. The van der Waals surface area contributed by atoms with Crippen LogP contribution in [0.15, 0.2) is 66.7 Å². The van der Waals surface area contributed by atoms with Gasteiger partial charge in [0.2, 0.25) is 0 Å². The maximum absolute atomic E-state index is 13.0. The van der Waals surface area contributed by atoms with Crippen molar-refractivity contribution in [1.82, 2.24) is 9.78 Å². The summed E-state index contributed by atoms with van der Waals surface area (Å²) in [6.45, 7) is 3.84. The molecule has 0 spiro atoms. The van der Waals surface area contributed by atoms with E-state index in [9.17, 15) is 9.59 Å². The van der Waals surface area contributed by atoms with Gasteiger partial charge in [-0.05, 0) is 42.8 Å². The Balaban J connectivity index is 2.15. The highest BCUT2D eigenvalue weighted by Gasteiger charge is 2.33. The Kier molecular flexibility index (Phi) is 6.13. The molecule has 4 rings (SSSR count). The Morgan fingerprint density at radius 1 is 0.848 bits per heavy atom. The summed E-state index contributed by atoms with van der Waals surface area (Å²) in [6.07, 6.45) is -0.122. The van der Waals surface area contributed by atoms with Crippen LogP contribution in [0.4, 0.5) is 0 Å². The van der Waals surface area contributed by atoms with Crippen molar-refractivity contribution in [2.75, 3.05) is 14.2 Å². The summed E-state index contributed by atoms with van der Waals surface area (Å²) in [5, 5.41) is 6.51. The maximum Gasteiger partial charge on any atom is 0.357 e. The third-order valence-corrected chi connectivity index (χ3v) is 5.14. The third-order valence-electron chi connectivity index (χ3n) is 5.14. The minimum Gasteiger partial charge on any atom is -0.490 e. The first-order valence-corrected chi connectivity index (χ1v) is 10.5. The van der Waals surface area contributed by atoms with Gasteiger partial charge in [0, 0.05) is 0 Å². The quantitative estimate of drug-likeness (QED) is 0.387. The maximum atomic E-state index is 13.0. The third kappa shape index (κ3) is 4.05. The zero-order valence-corrected chi connectivity index (χ0v) is 18.9. The Morgan fingerprint density at radius 3 is 2.18 bits per heavy atom. The van der Waals surface area contributed by atoms with Crippen molar-refractivity contribution < 1.29 is 23.8 Å². The average molecular weight is 444 g/mol. The number of benzene rings is 3. The molecular formula is C26H24N2O5. The molecule has 0 aliphatic carbocycles. The molecule has 1 aromatic heterocycles. The lowest BCUT2D eigenvalue weighted by molar-refractivity contribution is 0.0549. The highest BCUT2D eigenvalue weighted by atomic mass is 16.5. The van der Waals surface area contributed by atoms with Gasteiger partial charge in [-0.25, -0.2) is 14.3 Å². The number of carbonyl (C=O) groups is 2. The van der Waals surface area contributed by atoms with Crippen molar-refractivity contribution in [2.45, 2.75) is 20.0 Å². The van der Waals surface area contributed by atoms with Crippen molar-refractivity contribution in [1.29, 1.82) is 0 Å². The summed E-state index contributed by atoms with van der Waals surface area (Å²) in [5.41, 5.74) is 1.47. The molecule has 0 N–H and O–H groups in total. The zero-order chi connectivity index (χ0) is 23.5. The van der Waals surface area contributed by atoms with Gasteiger partial charge in [0.15, 0.2) is 5.69 Å². The second-order valence-corrected chi connectivity index (χ2v) is 7.63. The smallest absolute Gasteiger partial charge is 0.357 e. The molecule has 33 heavy (non-hydrogen) atoms. The van der Waals surface area contributed by atoms with E-state index in [1.807, 2.05) is 68.4 Å². The van der Waals surface area contributed by atoms with Crippen LogP contribution in [0.2, 0.25) is 0 Å². The largest absolute Gasteiger partial charge is 0.490 e. The van der Waals surface area contributed by atoms with Gasteiger partial charge in [-0.2, -0.15) is 5.10 Å². The van der Waals surface area contributed by atoms with Gasteiger partial charge in [0.1, 0.15) is 17.0 Å². The lowest BCUT2D eigenvalue weighted by atomic mass is 9.97. The van der Waals surface area contributed by atoms with E-state index in [0.717, 1.165) is 10.8 Å². The number of carbonyl (C=O) groups excluding carboxylic acids is 2. The molecule has 7 nitrogen and oxygen atoms in total. The van der Waals surface area contributed by atoms with Crippen LogP contribution >= 0.6 is 0 Å². The first kappa shape index (κ1) is 22.1. The second kappa shape index (κ2) is 9.16. The predicted molar refractivity (Wildman–Crippen MR) is 125 cm³/mol. The fourth-order valence-corrected chi connectivity index (χ4v) is 3.78. The molecule has 4 aromatic rings. The van der Waals surface area contributed by atoms with Crippen LogP contribution in [-0.4, -0.2) is 42.0 Å². The number of fused-ring (bicyclic) bond motifs is 1. The van der Waals surface area contributed by atoms with E-state index in [-0.39, 0.29) is 23.1 Å². The first-order valence-electron chi connectivity index (χ1n) is 10.5. The molecule has 3 aromatic carbocycles. The highest BCUT2D eigenvalue weighted by Crippen LogP contribution is 2.40. The molecule has 0 aliphatic heterocycles. The molecule has 0 amide bonds. The molecule has 0 fully saturated rings. The van der Waals surface area contributed by atoms with Gasteiger partial charge >= 0.3 is 11.9 Å². The summed E-state index contributed by atoms with van der Waals surface area (Å²) in [6, 6.07) is 20.6. The van der Waals surface area contributed by atoms with Crippen molar-refractivity contribution in [2.24, 2.45) is 0 Å². The normalized spacial score (nSPS) is 10.9. The van der Waals surface area contributed by atoms with Gasteiger partial charge in [-0.1, -0.05) is 48.5 Å². The minimum atomic E-state index is -0.704. The monoisotopic (exact) mass is 444 g/mol. The Morgan fingerprint density at radius 2 is 1.52 bits per heavy atom. The first-order chi connectivity index (χ1) is 16.0. The van der Waals surface area contributed by atoms with E-state index in [2.05, 4.69) is 0 Å². The number of aromatic nitrogens is 2. The average Bonchev–Trinajstić information content (AvgIpc) is 3.23. The van der Waals surface area contributed by atoms with Crippen LogP contribution in [0, 0.1) is 0 Å². The van der Waals surface area contributed by atoms with Crippen LogP contribution in [-0.2, 0) is 9.47 Å². The summed E-state index contributed by atoms with van der Waals surface area (Å²) < 4.78 is 17.6. The van der Waals surface area contributed by atoms with E-state index in [1.54, 1.807) is 12.1 Å². The number of esters is 2. The van der Waals surface area contributed by atoms with Crippen LogP contribution in [0.5, 0.6) is 5.75 Å². The van der Waals surface area contributed by atoms with Crippen molar-refractivity contribution >= 4 is 22.7 Å². The van der Waals surface area contributed by atoms with E-state index in [0.29, 0.717) is 17.0 Å². The molecule has 0 saturated heterocycles. The van der Waals surface area contributed by atoms with E-state index < -0.39 is 11.9 Å². The van der Waals surface area contributed by atoms with Crippen molar-refractivity contribution in [3.8, 4) is 22.7 Å². The van der Waals surface area contributed by atoms with E-state index in [4.69, 9.17) is 19.3 Å². The molecule has 0 aliphatic rings. The molecule has 0 atom stereocenters. The highest BCUT2D eigenvalue weighted by molar-refractivity contribution is 6.10. The SMILES string of the molecule is COC(=O)c1c(-c2c(OC(C)C)ccc3ccccc23)nn(-c2ccccc2)c1C(=O)OC. The number of methoxy groups -OCH3 is 2.